The van der Waals surface area contributed by atoms with E-state index >= 15 is 0 Å². The van der Waals surface area contributed by atoms with E-state index in [0.29, 0.717) is 25.2 Å². The van der Waals surface area contributed by atoms with Gasteiger partial charge in [0.2, 0.25) is 5.91 Å². The minimum Gasteiger partial charge on any atom is -0.341 e. The third kappa shape index (κ3) is 4.03. The molecule has 0 radical (unpaired) electrons. The fourth-order valence-corrected chi connectivity index (χ4v) is 4.24. The maximum Gasteiger partial charge on any atom is 0.255 e. The van der Waals surface area contributed by atoms with Gasteiger partial charge >= 0.3 is 0 Å². The van der Waals surface area contributed by atoms with Gasteiger partial charge in [0, 0.05) is 31.5 Å². The van der Waals surface area contributed by atoms with E-state index < -0.39 is 15.9 Å². The number of amides is 2. The quantitative estimate of drug-likeness (QED) is 0.793. The molecule has 2 heterocycles. The van der Waals surface area contributed by atoms with Crippen molar-refractivity contribution in [2.24, 2.45) is 0 Å². The first-order chi connectivity index (χ1) is 11.9. The Balaban J connectivity index is 1.83. The number of nitrogens with zero attached hydrogens (tertiary/aromatic N) is 2. The molecular weight excluding hydrogens is 340 g/mol. The van der Waals surface area contributed by atoms with Gasteiger partial charge in [-0.25, -0.2) is 8.42 Å². The van der Waals surface area contributed by atoms with Gasteiger partial charge in [-0.3, -0.25) is 9.59 Å². The molecule has 1 fully saturated rings. The molecule has 0 N–H and O–H groups in total. The molecule has 0 unspecified atom stereocenters. The van der Waals surface area contributed by atoms with Gasteiger partial charge < -0.3 is 9.80 Å². The van der Waals surface area contributed by atoms with Gasteiger partial charge in [-0.2, -0.15) is 0 Å². The number of fused-ring (bicyclic) bond motifs is 1. The van der Waals surface area contributed by atoms with Gasteiger partial charge in [0.1, 0.15) is 15.9 Å². The zero-order valence-corrected chi connectivity index (χ0v) is 15.3. The highest BCUT2D eigenvalue weighted by Gasteiger charge is 2.38. The lowest BCUT2D eigenvalue weighted by Crippen LogP contribution is -2.50. The number of piperidine rings is 1. The van der Waals surface area contributed by atoms with Gasteiger partial charge in [-0.1, -0.05) is 18.2 Å². The molecule has 0 aliphatic carbocycles. The highest BCUT2D eigenvalue weighted by Crippen LogP contribution is 2.27. The summed E-state index contributed by atoms with van der Waals surface area (Å²) in [6.07, 6.45) is 4.33. The lowest BCUT2D eigenvalue weighted by atomic mass is 10.1. The van der Waals surface area contributed by atoms with Crippen LogP contribution in [0.4, 0.5) is 0 Å². The first-order valence-corrected chi connectivity index (χ1v) is 10.8. The molecular formula is C18H24N2O4S. The van der Waals surface area contributed by atoms with E-state index in [2.05, 4.69) is 0 Å². The third-order valence-corrected chi connectivity index (χ3v) is 5.92. The summed E-state index contributed by atoms with van der Waals surface area (Å²) in [7, 11) is -3.21. The van der Waals surface area contributed by atoms with E-state index in [0.717, 1.165) is 31.1 Å². The molecule has 2 aliphatic rings. The number of carbonyl (C=O) groups excluding carboxylic acids is 2. The van der Waals surface area contributed by atoms with Crippen molar-refractivity contribution in [1.29, 1.82) is 0 Å². The number of hydrogen-bond acceptors (Lipinski definition) is 4. The van der Waals surface area contributed by atoms with Crippen LogP contribution in [-0.2, 0) is 21.2 Å². The van der Waals surface area contributed by atoms with Crippen LogP contribution in [0, 0.1) is 0 Å². The Morgan fingerprint density at radius 2 is 1.84 bits per heavy atom. The number of carbonyl (C=O) groups is 2. The van der Waals surface area contributed by atoms with Crippen molar-refractivity contribution in [2.45, 2.75) is 38.3 Å². The molecule has 7 heteroatoms. The van der Waals surface area contributed by atoms with E-state index in [-0.39, 0.29) is 24.0 Å². The van der Waals surface area contributed by atoms with Crippen molar-refractivity contribution in [1.82, 2.24) is 9.80 Å². The summed E-state index contributed by atoms with van der Waals surface area (Å²) in [5.41, 5.74) is 1.50. The molecule has 1 saturated heterocycles. The molecule has 1 aromatic carbocycles. The average Bonchev–Trinajstić information content (AvgIpc) is 2.92. The molecule has 3 rings (SSSR count). The highest BCUT2D eigenvalue weighted by atomic mass is 32.2. The summed E-state index contributed by atoms with van der Waals surface area (Å²) < 4.78 is 23.2. The standard InChI is InChI=1S/C18H24N2O4S/c1-25(23,24)12-9-16(18(22)19-10-5-2-6-11-19)20-13-14-7-3-4-8-15(14)17(20)21/h3-4,7-8,16H,2,5-6,9-13H2,1H3/t16-/m1/s1. The second-order valence-corrected chi connectivity index (χ2v) is 9.17. The van der Waals surface area contributed by atoms with E-state index in [9.17, 15) is 18.0 Å². The molecule has 0 saturated carbocycles. The van der Waals surface area contributed by atoms with Crippen molar-refractivity contribution in [3.63, 3.8) is 0 Å². The molecule has 0 spiro atoms. The largest absolute Gasteiger partial charge is 0.341 e. The third-order valence-electron chi connectivity index (χ3n) is 4.94. The minimum absolute atomic E-state index is 0.0998. The molecule has 6 nitrogen and oxygen atoms in total. The predicted octanol–water partition coefficient (Wildman–Crippen LogP) is 1.46. The summed E-state index contributed by atoms with van der Waals surface area (Å²) >= 11 is 0. The van der Waals surface area contributed by atoms with Crippen molar-refractivity contribution >= 4 is 21.7 Å². The summed E-state index contributed by atoms with van der Waals surface area (Å²) in [6, 6.07) is 6.60. The minimum atomic E-state index is -3.21. The zero-order chi connectivity index (χ0) is 18.0. The maximum atomic E-state index is 13.0. The first-order valence-electron chi connectivity index (χ1n) is 8.72. The van der Waals surface area contributed by atoms with Crippen LogP contribution in [0.5, 0.6) is 0 Å². The lowest BCUT2D eigenvalue weighted by molar-refractivity contribution is -0.137. The second-order valence-electron chi connectivity index (χ2n) is 6.91. The second kappa shape index (κ2) is 7.15. The average molecular weight is 364 g/mol. The van der Waals surface area contributed by atoms with E-state index in [1.54, 1.807) is 21.9 Å². The predicted molar refractivity (Wildman–Crippen MR) is 94.9 cm³/mol. The van der Waals surface area contributed by atoms with Crippen molar-refractivity contribution in [2.75, 3.05) is 25.1 Å². The van der Waals surface area contributed by atoms with Gasteiger partial charge in [0.05, 0.1) is 5.75 Å². The summed E-state index contributed by atoms with van der Waals surface area (Å²) in [5.74, 6) is -0.402. The number of rotatable bonds is 5. The van der Waals surface area contributed by atoms with Crippen LogP contribution in [0.2, 0.25) is 0 Å². The SMILES string of the molecule is CS(=O)(=O)CC[C@H](C(=O)N1CCCCC1)N1Cc2ccccc2C1=O. The smallest absolute Gasteiger partial charge is 0.255 e. The van der Waals surface area contributed by atoms with Crippen LogP contribution in [0.25, 0.3) is 0 Å². The Labute approximate surface area is 148 Å². The Kier molecular flexibility index (Phi) is 5.13. The molecule has 136 valence electrons. The summed E-state index contributed by atoms with van der Waals surface area (Å²) in [5, 5.41) is 0. The Morgan fingerprint density at radius 3 is 2.48 bits per heavy atom. The Morgan fingerprint density at radius 1 is 1.16 bits per heavy atom. The molecule has 0 bridgehead atoms. The van der Waals surface area contributed by atoms with Crippen molar-refractivity contribution in [3.8, 4) is 0 Å². The van der Waals surface area contributed by atoms with E-state index in [4.69, 9.17) is 0 Å². The highest BCUT2D eigenvalue weighted by molar-refractivity contribution is 7.90. The fourth-order valence-electron chi connectivity index (χ4n) is 3.59. The number of hydrogen-bond donors (Lipinski definition) is 0. The molecule has 25 heavy (non-hydrogen) atoms. The Bertz CT molecular complexity index is 769. The molecule has 2 aliphatic heterocycles. The molecule has 2 amide bonds. The van der Waals surface area contributed by atoms with Crippen LogP contribution in [0.1, 0.15) is 41.6 Å². The Hall–Kier alpha value is -1.89. The monoisotopic (exact) mass is 364 g/mol. The topological polar surface area (TPSA) is 74.8 Å². The van der Waals surface area contributed by atoms with Crippen LogP contribution in [-0.4, -0.2) is 61.2 Å². The normalized spacial score (nSPS) is 19.0. The van der Waals surface area contributed by atoms with E-state index in [1.165, 1.54) is 0 Å². The maximum absolute atomic E-state index is 13.0. The number of sulfone groups is 1. The van der Waals surface area contributed by atoms with Gasteiger partial charge in [-0.05, 0) is 37.3 Å². The van der Waals surface area contributed by atoms with Gasteiger partial charge in [0.25, 0.3) is 5.91 Å². The molecule has 1 atom stereocenters. The number of likely N-dealkylation sites (tertiary alicyclic amines) is 1. The fraction of sp³-hybridized carbons (Fsp3) is 0.556. The first kappa shape index (κ1) is 17.9. The van der Waals surface area contributed by atoms with Crippen LogP contribution in [0.15, 0.2) is 24.3 Å². The van der Waals surface area contributed by atoms with Crippen LogP contribution < -0.4 is 0 Å². The molecule has 1 aromatic rings. The zero-order valence-electron chi connectivity index (χ0n) is 14.5. The van der Waals surface area contributed by atoms with Gasteiger partial charge in [0.15, 0.2) is 0 Å². The lowest BCUT2D eigenvalue weighted by Gasteiger charge is -2.34. The van der Waals surface area contributed by atoms with Gasteiger partial charge in [-0.15, -0.1) is 0 Å². The summed E-state index contributed by atoms with van der Waals surface area (Å²) in [6.45, 7) is 1.73. The number of benzene rings is 1. The molecule has 0 aromatic heterocycles. The summed E-state index contributed by atoms with van der Waals surface area (Å²) in [4.78, 5) is 29.1. The van der Waals surface area contributed by atoms with Crippen molar-refractivity contribution in [3.05, 3.63) is 35.4 Å². The van der Waals surface area contributed by atoms with Crippen molar-refractivity contribution < 1.29 is 18.0 Å². The van der Waals surface area contributed by atoms with E-state index in [1.807, 2.05) is 12.1 Å². The van der Waals surface area contributed by atoms with Crippen LogP contribution in [0.3, 0.4) is 0 Å². The van der Waals surface area contributed by atoms with Crippen LogP contribution >= 0.6 is 0 Å².